The van der Waals surface area contributed by atoms with Crippen molar-refractivity contribution in [2.75, 3.05) is 6.54 Å². The quantitative estimate of drug-likeness (QED) is 0.634. The minimum absolute atomic E-state index is 0.247. The summed E-state index contributed by atoms with van der Waals surface area (Å²) in [6.07, 6.45) is -1.02. The van der Waals surface area contributed by atoms with E-state index in [-0.39, 0.29) is 12.5 Å². The van der Waals surface area contributed by atoms with Crippen LogP contribution in [-0.4, -0.2) is 29.9 Å². The largest absolute Gasteiger partial charge is 0.444 e. The van der Waals surface area contributed by atoms with Crippen molar-refractivity contribution < 1.29 is 19.1 Å². The molecule has 0 aliphatic rings. The van der Waals surface area contributed by atoms with Gasteiger partial charge in [0.1, 0.15) is 11.2 Å². The molecule has 0 bridgehead atoms. The molecule has 31 heavy (non-hydrogen) atoms. The zero-order chi connectivity index (χ0) is 23.1. The number of nitrogens with one attached hydrogen (secondary N) is 2. The third-order valence-corrected chi connectivity index (χ3v) is 4.33. The Morgan fingerprint density at radius 3 is 1.68 bits per heavy atom. The lowest BCUT2D eigenvalue weighted by molar-refractivity contribution is 0.0490. The van der Waals surface area contributed by atoms with Crippen LogP contribution >= 0.6 is 0 Å². The van der Waals surface area contributed by atoms with Crippen LogP contribution < -0.4 is 10.6 Å². The monoisotopic (exact) mass is 426 g/mol. The summed E-state index contributed by atoms with van der Waals surface area (Å²) in [5.41, 5.74) is 0.666. The fourth-order valence-corrected chi connectivity index (χ4v) is 3.15. The molecule has 0 spiro atoms. The molecule has 0 saturated heterocycles. The summed E-state index contributed by atoms with van der Waals surface area (Å²) < 4.78 is 10.9. The predicted molar refractivity (Wildman–Crippen MR) is 122 cm³/mol. The van der Waals surface area contributed by atoms with Gasteiger partial charge in [0.15, 0.2) is 0 Å². The summed E-state index contributed by atoms with van der Waals surface area (Å²) in [6.45, 7) is 11.2. The Hall–Kier alpha value is -3.02. The molecule has 2 aromatic rings. The van der Waals surface area contributed by atoms with E-state index in [9.17, 15) is 9.59 Å². The Labute approximate surface area is 185 Å². The summed E-state index contributed by atoms with van der Waals surface area (Å²) in [6, 6.07) is 19.0. The van der Waals surface area contributed by atoms with Gasteiger partial charge in [0.05, 0.1) is 6.04 Å². The van der Waals surface area contributed by atoms with Crippen molar-refractivity contribution >= 4 is 12.2 Å². The Morgan fingerprint density at radius 1 is 0.742 bits per heavy atom. The molecule has 0 aliphatic carbocycles. The van der Waals surface area contributed by atoms with E-state index in [2.05, 4.69) is 10.6 Å². The number of hydrogen-bond acceptors (Lipinski definition) is 4. The third kappa shape index (κ3) is 8.70. The summed E-state index contributed by atoms with van der Waals surface area (Å²) in [7, 11) is 0. The lowest BCUT2D eigenvalue weighted by atomic mass is 9.87. The standard InChI is InChI=1S/C25H34N2O4/c1-24(2,3)30-22(28)26-17-20(18-13-9-7-10-14-18)21(19-15-11-8-12-16-19)27-23(29)31-25(4,5)6/h7-16,20-21H,17H2,1-6H3,(H,26,28)(H,27,29)/t20-,21+/m0/s1. The molecule has 0 aromatic heterocycles. The highest BCUT2D eigenvalue weighted by molar-refractivity contribution is 5.69. The van der Waals surface area contributed by atoms with Gasteiger partial charge < -0.3 is 20.1 Å². The third-order valence-electron chi connectivity index (χ3n) is 4.33. The van der Waals surface area contributed by atoms with Crippen LogP contribution in [0.2, 0.25) is 0 Å². The molecule has 2 N–H and O–H groups in total. The van der Waals surface area contributed by atoms with Crippen molar-refractivity contribution in [2.24, 2.45) is 0 Å². The maximum Gasteiger partial charge on any atom is 0.408 e. The average Bonchev–Trinajstić information content (AvgIpc) is 2.66. The smallest absolute Gasteiger partial charge is 0.408 e. The normalized spacial score (nSPS) is 13.6. The second-order valence-corrected chi connectivity index (χ2v) is 9.43. The molecule has 168 valence electrons. The van der Waals surface area contributed by atoms with E-state index in [1.165, 1.54) is 0 Å². The van der Waals surface area contributed by atoms with Crippen LogP contribution in [-0.2, 0) is 9.47 Å². The van der Waals surface area contributed by atoms with Crippen molar-refractivity contribution in [3.8, 4) is 0 Å². The van der Waals surface area contributed by atoms with Crippen LogP contribution in [0, 0.1) is 0 Å². The number of carbonyl (C=O) groups is 2. The molecule has 2 atom stereocenters. The first kappa shape index (κ1) is 24.3. The van der Waals surface area contributed by atoms with Crippen molar-refractivity contribution in [3.05, 3.63) is 71.8 Å². The number of ether oxygens (including phenoxy) is 2. The minimum Gasteiger partial charge on any atom is -0.444 e. The van der Waals surface area contributed by atoms with Crippen LogP contribution in [0.3, 0.4) is 0 Å². The highest BCUT2D eigenvalue weighted by Gasteiger charge is 2.29. The Bertz CT molecular complexity index is 839. The van der Waals surface area contributed by atoms with E-state index >= 15 is 0 Å². The summed E-state index contributed by atoms with van der Waals surface area (Å²) >= 11 is 0. The molecule has 0 heterocycles. The molecule has 0 fully saturated rings. The van der Waals surface area contributed by atoms with Crippen LogP contribution in [0.15, 0.2) is 60.7 Å². The van der Waals surface area contributed by atoms with Gasteiger partial charge in [-0.05, 0) is 52.7 Å². The fraction of sp³-hybridized carbons (Fsp3) is 0.440. The van der Waals surface area contributed by atoms with Crippen molar-refractivity contribution in [3.63, 3.8) is 0 Å². The molecule has 2 amide bonds. The summed E-state index contributed by atoms with van der Waals surface area (Å²) in [5.74, 6) is -0.247. The van der Waals surface area contributed by atoms with Crippen molar-refractivity contribution in [1.29, 1.82) is 0 Å². The topological polar surface area (TPSA) is 76.7 Å². The second kappa shape index (κ2) is 10.3. The molecular formula is C25H34N2O4. The first-order chi connectivity index (χ1) is 14.4. The number of alkyl carbamates (subject to hydrolysis) is 2. The molecule has 0 aliphatic heterocycles. The van der Waals surface area contributed by atoms with Gasteiger partial charge >= 0.3 is 12.2 Å². The predicted octanol–water partition coefficient (Wildman–Crippen LogP) is 5.56. The van der Waals surface area contributed by atoms with Gasteiger partial charge in [-0.2, -0.15) is 0 Å². The first-order valence-electron chi connectivity index (χ1n) is 10.5. The number of benzene rings is 2. The lowest BCUT2D eigenvalue weighted by Gasteiger charge is -2.31. The zero-order valence-corrected chi connectivity index (χ0v) is 19.3. The van der Waals surface area contributed by atoms with E-state index in [0.717, 1.165) is 11.1 Å². The van der Waals surface area contributed by atoms with Crippen LogP contribution in [0.25, 0.3) is 0 Å². The first-order valence-corrected chi connectivity index (χ1v) is 10.5. The van der Waals surface area contributed by atoms with E-state index < -0.39 is 29.4 Å². The number of carbonyl (C=O) groups excluding carboxylic acids is 2. The van der Waals surface area contributed by atoms with Crippen LogP contribution in [0.5, 0.6) is 0 Å². The van der Waals surface area contributed by atoms with Crippen LogP contribution in [0.1, 0.15) is 64.6 Å². The molecule has 0 unspecified atom stereocenters. The number of amides is 2. The van der Waals surface area contributed by atoms with Crippen molar-refractivity contribution in [2.45, 2.75) is 64.7 Å². The Balaban J connectivity index is 2.34. The van der Waals surface area contributed by atoms with E-state index in [4.69, 9.17) is 9.47 Å². The second-order valence-electron chi connectivity index (χ2n) is 9.43. The molecular weight excluding hydrogens is 392 g/mol. The zero-order valence-electron chi connectivity index (χ0n) is 19.3. The number of rotatable bonds is 6. The van der Waals surface area contributed by atoms with Gasteiger partial charge in [-0.1, -0.05) is 60.7 Å². The van der Waals surface area contributed by atoms with E-state index in [1.807, 2.05) is 102 Å². The molecule has 0 radical (unpaired) electrons. The van der Waals surface area contributed by atoms with Gasteiger partial charge in [0.25, 0.3) is 0 Å². The molecule has 2 rings (SSSR count). The molecule has 0 saturated carbocycles. The molecule has 6 nitrogen and oxygen atoms in total. The molecule has 2 aromatic carbocycles. The van der Waals surface area contributed by atoms with Gasteiger partial charge in [0.2, 0.25) is 0 Å². The lowest BCUT2D eigenvalue weighted by Crippen LogP contribution is -2.41. The maximum absolute atomic E-state index is 12.7. The highest BCUT2D eigenvalue weighted by Crippen LogP contribution is 2.31. The summed E-state index contributed by atoms with van der Waals surface area (Å²) in [5, 5.41) is 5.86. The number of hydrogen-bond donors (Lipinski definition) is 2. The molecule has 6 heteroatoms. The Morgan fingerprint density at radius 2 is 1.19 bits per heavy atom. The average molecular weight is 427 g/mol. The van der Waals surface area contributed by atoms with Gasteiger partial charge in [-0.3, -0.25) is 0 Å². The van der Waals surface area contributed by atoms with Gasteiger partial charge in [0, 0.05) is 12.5 Å². The van der Waals surface area contributed by atoms with E-state index in [1.54, 1.807) is 0 Å². The minimum atomic E-state index is -0.623. The SMILES string of the molecule is CC(C)(C)OC(=O)NC[C@@H](c1ccccc1)[C@H](NC(=O)OC(C)(C)C)c1ccccc1. The maximum atomic E-state index is 12.7. The Kier molecular flexibility index (Phi) is 8.08. The fourth-order valence-electron chi connectivity index (χ4n) is 3.15. The van der Waals surface area contributed by atoms with Gasteiger partial charge in [-0.25, -0.2) is 9.59 Å². The van der Waals surface area contributed by atoms with E-state index in [0.29, 0.717) is 0 Å². The van der Waals surface area contributed by atoms with Crippen LogP contribution in [0.4, 0.5) is 9.59 Å². The van der Waals surface area contributed by atoms with Gasteiger partial charge in [-0.15, -0.1) is 0 Å². The highest BCUT2D eigenvalue weighted by atomic mass is 16.6. The van der Waals surface area contributed by atoms with Crippen molar-refractivity contribution in [1.82, 2.24) is 10.6 Å². The summed E-state index contributed by atoms with van der Waals surface area (Å²) in [4.78, 5) is 25.0.